The molecule has 1 heterocycles. The third-order valence-electron chi connectivity index (χ3n) is 3.10. The van der Waals surface area contributed by atoms with Crippen LogP contribution in [0.25, 0.3) is 0 Å². The Labute approximate surface area is 105 Å². The SMILES string of the molecule is CON(C)C(=O)C1(C)Cc2ccccc2C(=O)O1. The lowest BCUT2D eigenvalue weighted by Crippen LogP contribution is -2.51. The lowest BCUT2D eigenvalue weighted by molar-refractivity contribution is -0.187. The molecule has 1 aromatic carbocycles. The number of amides is 1. The predicted molar refractivity (Wildman–Crippen MR) is 63.7 cm³/mol. The van der Waals surface area contributed by atoms with Gasteiger partial charge in [-0.1, -0.05) is 18.2 Å². The standard InChI is InChI=1S/C13H15NO4/c1-13(12(16)14(2)17-3)8-9-6-4-5-7-10(9)11(15)18-13/h4-7H,8H2,1-3H3. The zero-order valence-electron chi connectivity index (χ0n) is 10.6. The number of cyclic esters (lactones) is 1. The van der Waals surface area contributed by atoms with Crippen molar-refractivity contribution < 1.29 is 19.2 Å². The third-order valence-corrected chi connectivity index (χ3v) is 3.10. The van der Waals surface area contributed by atoms with Crippen molar-refractivity contribution in [1.82, 2.24) is 5.06 Å². The first-order chi connectivity index (χ1) is 8.48. The summed E-state index contributed by atoms with van der Waals surface area (Å²) in [6.07, 6.45) is 0.349. The maximum atomic E-state index is 12.1. The summed E-state index contributed by atoms with van der Waals surface area (Å²) in [5.74, 6) is -0.856. The smallest absolute Gasteiger partial charge is 0.339 e. The minimum Gasteiger partial charge on any atom is -0.445 e. The van der Waals surface area contributed by atoms with Crippen molar-refractivity contribution in [2.24, 2.45) is 0 Å². The average Bonchev–Trinajstić information content (AvgIpc) is 2.36. The van der Waals surface area contributed by atoms with Crippen LogP contribution in [0.2, 0.25) is 0 Å². The molecule has 1 aliphatic rings. The van der Waals surface area contributed by atoms with Crippen molar-refractivity contribution in [3.05, 3.63) is 35.4 Å². The minimum atomic E-state index is -1.21. The summed E-state index contributed by atoms with van der Waals surface area (Å²) in [5.41, 5.74) is 0.118. The number of fused-ring (bicyclic) bond motifs is 1. The van der Waals surface area contributed by atoms with Crippen LogP contribution >= 0.6 is 0 Å². The van der Waals surface area contributed by atoms with Crippen LogP contribution in [0.3, 0.4) is 0 Å². The van der Waals surface area contributed by atoms with Gasteiger partial charge < -0.3 is 4.74 Å². The molecule has 0 fully saturated rings. The van der Waals surface area contributed by atoms with Crippen molar-refractivity contribution in [3.63, 3.8) is 0 Å². The number of carbonyl (C=O) groups excluding carboxylic acids is 2. The Morgan fingerprint density at radius 3 is 2.78 bits per heavy atom. The first-order valence-electron chi connectivity index (χ1n) is 5.61. The topological polar surface area (TPSA) is 55.8 Å². The molecular weight excluding hydrogens is 234 g/mol. The molecule has 0 aromatic heterocycles. The maximum absolute atomic E-state index is 12.1. The van der Waals surface area contributed by atoms with E-state index in [9.17, 15) is 9.59 Å². The second-order valence-electron chi connectivity index (χ2n) is 4.44. The number of esters is 1. The molecule has 1 atom stereocenters. The second kappa shape index (κ2) is 4.42. The van der Waals surface area contributed by atoms with Crippen molar-refractivity contribution in [3.8, 4) is 0 Å². The van der Waals surface area contributed by atoms with E-state index in [2.05, 4.69) is 0 Å². The first-order valence-corrected chi connectivity index (χ1v) is 5.61. The third kappa shape index (κ3) is 1.97. The average molecular weight is 249 g/mol. The van der Waals surface area contributed by atoms with Crippen molar-refractivity contribution in [2.45, 2.75) is 18.9 Å². The molecule has 18 heavy (non-hydrogen) atoms. The number of benzene rings is 1. The Morgan fingerprint density at radius 1 is 1.44 bits per heavy atom. The van der Waals surface area contributed by atoms with E-state index in [0.29, 0.717) is 12.0 Å². The van der Waals surface area contributed by atoms with Crippen LogP contribution < -0.4 is 0 Å². The molecule has 5 nitrogen and oxygen atoms in total. The highest BCUT2D eigenvalue weighted by atomic mass is 16.7. The molecule has 0 spiro atoms. The monoisotopic (exact) mass is 249 g/mol. The Balaban J connectivity index is 2.35. The summed E-state index contributed by atoms with van der Waals surface area (Å²) >= 11 is 0. The molecule has 96 valence electrons. The zero-order valence-corrected chi connectivity index (χ0v) is 10.6. The normalized spacial score (nSPS) is 22.1. The summed E-state index contributed by atoms with van der Waals surface area (Å²) in [6, 6.07) is 7.13. The van der Waals surface area contributed by atoms with E-state index in [4.69, 9.17) is 9.57 Å². The molecule has 0 saturated carbocycles. The number of hydroxylamine groups is 2. The summed E-state index contributed by atoms with van der Waals surface area (Å²) in [4.78, 5) is 28.9. The van der Waals surface area contributed by atoms with E-state index in [1.165, 1.54) is 14.2 Å². The Hall–Kier alpha value is -1.88. The lowest BCUT2D eigenvalue weighted by atomic mass is 9.89. The van der Waals surface area contributed by atoms with Gasteiger partial charge in [-0.15, -0.1) is 0 Å². The number of nitrogens with zero attached hydrogens (tertiary/aromatic N) is 1. The van der Waals surface area contributed by atoms with Crippen molar-refractivity contribution in [1.29, 1.82) is 0 Å². The zero-order chi connectivity index (χ0) is 13.3. The molecule has 1 aromatic rings. The fourth-order valence-corrected chi connectivity index (χ4v) is 2.07. The highest BCUT2D eigenvalue weighted by Crippen LogP contribution is 2.29. The molecule has 0 saturated heterocycles. The Bertz CT molecular complexity index is 500. The Morgan fingerprint density at radius 2 is 2.11 bits per heavy atom. The number of hydrogen-bond acceptors (Lipinski definition) is 4. The number of carbonyl (C=O) groups is 2. The maximum Gasteiger partial charge on any atom is 0.339 e. The van der Waals surface area contributed by atoms with Gasteiger partial charge in [-0.3, -0.25) is 9.63 Å². The Kier molecular flexibility index (Phi) is 3.09. The highest BCUT2D eigenvalue weighted by Gasteiger charge is 2.44. The molecular formula is C13H15NO4. The number of rotatable bonds is 2. The van der Waals surface area contributed by atoms with Crippen LogP contribution in [0.5, 0.6) is 0 Å². The van der Waals surface area contributed by atoms with Crippen LogP contribution in [-0.2, 0) is 20.8 Å². The molecule has 0 radical (unpaired) electrons. The molecule has 0 N–H and O–H groups in total. The van der Waals surface area contributed by atoms with Gasteiger partial charge in [-0.2, -0.15) is 0 Å². The van der Waals surface area contributed by atoms with Crippen LogP contribution in [-0.4, -0.2) is 36.7 Å². The van der Waals surface area contributed by atoms with Gasteiger partial charge >= 0.3 is 5.97 Å². The van der Waals surface area contributed by atoms with E-state index in [1.807, 2.05) is 12.1 Å². The minimum absolute atomic E-state index is 0.349. The first kappa shape index (κ1) is 12.6. The van der Waals surface area contributed by atoms with E-state index in [1.54, 1.807) is 19.1 Å². The van der Waals surface area contributed by atoms with E-state index in [0.717, 1.165) is 10.6 Å². The summed E-state index contributed by atoms with van der Waals surface area (Å²) in [5, 5.41) is 1.07. The summed E-state index contributed by atoms with van der Waals surface area (Å²) in [6.45, 7) is 1.60. The number of hydrogen-bond donors (Lipinski definition) is 0. The van der Waals surface area contributed by atoms with Gasteiger partial charge in [0.1, 0.15) is 0 Å². The van der Waals surface area contributed by atoms with Crippen LogP contribution in [0, 0.1) is 0 Å². The fourth-order valence-electron chi connectivity index (χ4n) is 2.07. The fraction of sp³-hybridized carbons (Fsp3) is 0.385. The molecule has 1 unspecified atom stereocenters. The van der Waals surface area contributed by atoms with Gasteiger partial charge in [0.05, 0.1) is 12.7 Å². The molecule has 2 rings (SSSR count). The van der Waals surface area contributed by atoms with Gasteiger partial charge in [-0.25, -0.2) is 9.86 Å². The molecule has 0 bridgehead atoms. The number of likely N-dealkylation sites (N-methyl/N-ethyl adjacent to an activating group) is 1. The summed E-state index contributed by atoms with van der Waals surface area (Å²) in [7, 11) is 2.88. The van der Waals surface area contributed by atoms with Crippen molar-refractivity contribution in [2.75, 3.05) is 14.2 Å². The van der Waals surface area contributed by atoms with Crippen molar-refractivity contribution >= 4 is 11.9 Å². The number of ether oxygens (including phenoxy) is 1. The van der Waals surface area contributed by atoms with Gasteiger partial charge in [0.2, 0.25) is 0 Å². The van der Waals surface area contributed by atoms with Crippen LogP contribution in [0.15, 0.2) is 24.3 Å². The quantitative estimate of drug-likeness (QED) is 0.583. The van der Waals surface area contributed by atoms with Gasteiger partial charge in [0, 0.05) is 13.5 Å². The van der Waals surface area contributed by atoms with E-state index in [-0.39, 0.29) is 5.91 Å². The molecule has 1 aliphatic heterocycles. The summed E-state index contributed by atoms with van der Waals surface area (Å²) < 4.78 is 5.27. The predicted octanol–water partition coefficient (Wildman–Crippen LogP) is 1.18. The van der Waals surface area contributed by atoms with E-state index < -0.39 is 11.6 Å². The lowest BCUT2D eigenvalue weighted by Gasteiger charge is -2.34. The largest absolute Gasteiger partial charge is 0.445 e. The highest BCUT2D eigenvalue weighted by molar-refractivity contribution is 5.97. The van der Waals surface area contributed by atoms with Crippen LogP contribution in [0.1, 0.15) is 22.8 Å². The van der Waals surface area contributed by atoms with Crippen LogP contribution in [0.4, 0.5) is 0 Å². The molecule has 5 heteroatoms. The van der Waals surface area contributed by atoms with Gasteiger partial charge in [0.15, 0.2) is 5.60 Å². The van der Waals surface area contributed by atoms with E-state index >= 15 is 0 Å². The second-order valence-corrected chi connectivity index (χ2v) is 4.44. The molecule has 1 amide bonds. The van der Waals surface area contributed by atoms with Gasteiger partial charge in [-0.05, 0) is 18.6 Å². The van der Waals surface area contributed by atoms with Gasteiger partial charge in [0.25, 0.3) is 5.91 Å². The molecule has 0 aliphatic carbocycles.